The van der Waals surface area contributed by atoms with E-state index in [-0.39, 0.29) is 24.1 Å². The zero-order valence-electron chi connectivity index (χ0n) is 18.1. The van der Waals surface area contributed by atoms with Gasteiger partial charge in [-0.25, -0.2) is 9.78 Å². The molecule has 0 saturated carbocycles. The fraction of sp³-hybridized carbons (Fsp3) is 0.545. The Bertz CT molecular complexity index is 993. The number of aryl methyl sites for hydroxylation is 1. The minimum absolute atomic E-state index is 0.0640. The summed E-state index contributed by atoms with van der Waals surface area (Å²) >= 11 is 0. The first kappa shape index (κ1) is 21.8. The summed E-state index contributed by atoms with van der Waals surface area (Å²) in [5.74, 6) is 0.362. The number of para-hydroxylation sites is 1. The second-order valence-corrected chi connectivity index (χ2v) is 8.69. The van der Waals surface area contributed by atoms with Gasteiger partial charge in [0.25, 0.3) is 5.56 Å². The molecule has 1 N–H and O–H groups in total. The summed E-state index contributed by atoms with van der Waals surface area (Å²) in [6.45, 7) is 8.02. The van der Waals surface area contributed by atoms with Gasteiger partial charge in [-0.15, -0.1) is 0 Å². The molecule has 1 aliphatic rings. The summed E-state index contributed by atoms with van der Waals surface area (Å²) in [6, 6.07) is 7.01. The molecule has 1 aromatic heterocycles. The van der Waals surface area contributed by atoms with Crippen molar-refractivity contribution in [1.29, 1.82) is 0 Å². The lowest BCUT2D eigenvalue weighted by Gasteiger charge is -2.36. The van der Waals surface area contributed by atoms with E-state index in [0.29, 0.717) is 29.8 Å². The topological polar surface area (TPSA) is 93.5 Å². The van der Waals surface area contributed by atoms with E-state index < -0.39 is 11.7 Å². The molecule has 1 unspecified atom stereocenters. The lowest BCUT2D eigenvalue weighted by atomic mass is 10.0. The quantitative estimate of drug-likeness (QED) is 0.830. The van der Waals surface area contributed by atoms with E-state index in [2.05, 4.69) is 10.3 Å². The van der Waals surface area contributed by atoms with E-state index in [9.17, 15) is 14.4 Å². The maximum atomic E-state index is 13.1. The second-order valence-electron chi connectivity index (χ2n) is 8.69. The van der Waals surface area contributed by atoms with Gasteiger partial charge in [-0.05, 0) is 59.1 Å². The molecule has 8 nitrogen and oxygen atoms in total. The number of hydrogen-bond donors (Lipinski definition) is 1. The van der Waals surface area contributed by atoms with Crippen LogP contribution < -0.4 is 10.9 Å². The lowest BCUT2D eigenvalue weighted by Crippen LogP contribution is -2.51. The second kappa shape index (κ2) is 8.85. The fourth-order valence-corrected chi connectivity index (χ4v) is 3.75. The van der Waals surface area contributed by atoms with Crippen LogP contribution in [0.3, 0.4) is 0 Å². The first-order valence-corrected chi connectivity index (χ1v) is 10.4. The highest BCUT2D eigenvalue weighted by Gasteiger charge is 2.28. The van der Waals surface area contributed by atoms with E-state index in [4.69, 9.17) is 4.74 Å². The molecule has 162 valence electrons. The van der Waals surface area contributed by atoms with Crippen LogP contribution >= 0.6 is 0 Å². The number of carbonyl (C=O) groups excluding carboxylic acids is 2. The molecular weight excluding hydrogens is 384 g/mol. The number of likely N-dealkylation sites (tertiary alicyclic amines) is 1. The first-order valence-electron chi connectivity index (χ1n) is 10.4. The van der Waals surface area contributed by atoms with Crippen LogP contribution in [-0.2, 0) is 16.1 Å². The molecule has 0 radical (unpaired) electrons. The summed E-state index contributed by atoms with van der Waals surface area (Å²) in [5, 5.41) is 3.27. The number of piperidine rings is 1. The van der Waals surface area contributed by atoms with Crippen LogP contribution in [-0.4, -0.2) is 51.2 Å². The van der Waals surface area contributed by atoms with Crippen LogP contribution in [0.1, 0.15) is 45.9 Å². The zero-order valence-corrected chi connectivity index (χ0v) is 18.1. The normalized spacial score (nSPS) is 17.1. The zero-order chi connectivity index (χ0) is 21.9. The van der Waals surface area contributed by atoms with Crippen molar-refractivity contribution in [3.63, 3.8) is 0 Å². The van der Waals surface area contributed by atoms with Gasteiger partial charge >= 0.3 is 6.09 Å². The minimum Gasteiger partial charge on any atom is -0.444 e. The van der Waals surface area contributed by atoms with Gasteiger partial charge in [0.05, 0.1) is 10.9 Å². The summed E-state index contributed by atoms with van der Waals surface area (Å²) in [4.78, 5) is 44.2. The van der Waals surface area contributed by atoms with Crippen LogP contribution in [0, 0.1) is 6.92 Å². The number of ether oxygens (including phenoxy) is 1. The van der Waals surface area contributed by atoms with Crippen molar-refractivity contribution in [2.75, 3.05) is 13.1 Å². The Labute approximate surface area is 176 Å². The molecule has 1 aliphatic heterocycles. The molecule has 1 fully saturated rings. The van der Waals surface area contributed by atoms with Crippen molar-refractivity contribution in [3.05, 3.63) is 40.4 Å². The van der Waals surface area contributed by atoms with Crippen molar-refractivity contribution in [3.8, 4) is 0 Å². The first-order chi connectivity index (χ1) is 14.2. The van der Waals surface area contributed by atoms with Crippen molar-refractivity contribution in [2.24, 2.45) is 0 Å². The summed E-state index contributed by atoms with van der Waals surface area (Å²) < 4.78 is 6.71. The largest absolute Gasteiger partial charge is 0.444 e. The van der Waals surface area contributed by atoms with Crippen LogP contribution in [0.25, 0.3) is 10.9 Å². The highest BCUT2D eigenvalue weighted by Crippen LogP contribution is 2.18. The van der Waals surface area contributed by atoms with Gasteiger partial charge in [0, 0.05) is 19.1 Å². The fourth-order valence-electron chi connectivity index (χ4n) is 3.75. The molecule has 1 aromatic carbocycles. The van der Waals surface area contributed by atoms with E-state index in [0.717, 1.165) is 19.3 Å². The van der Waals surface area contributed by atoms with Crippen LogP contribution in [0.2, 0.25) is 0 Å². The Kier molecular flexibility index (Phi) is 6.43. The number of benzene rings is 1. The average Bonchev–Trinajstić information content (AvgIpc) is 2.68. The van der Waals surface area contributed by atoms with Crippen LogP contribution in [0.15, 0.2) is 29.1 Å². The van der Waals surface area contributed by atoms with E-state index in [1.807, 2.05) is 6.07 Å². The Morgan fingerprint density at radius 1 is 1.23 bits per heavy atom. The van der Waals surface area contributed by atoms with Gasteiger partial charge in [0.1, 0.15) is 18.0 Å². The molecule has 0 spiro atoms. The summed E-state index contributed by atoms with van der Waals surface area (Å²) in [7, 11) is 0. The highest BCUT2D eigenvalue weighted by molar-refractivity contribution is 5.79. The Hall–Kier alpha value is -2.90. The Balaban J connectivity index is 1.72. The molecule has 8 heteroatoms. The van der Waals surface area contributed by atoms with Crippen molar-refractivity contribution >= 4 is 22.9 Å². The highest BCUT2D eigenvalue weighted by atomic mass is 16.6. The van der Waals surface area contributed by atoms with E-state index in [1.54, 1.807) is 50.8 Å². The molecule has 2 aromatic rings. The van der Waals surface area contributed by atoms with Gasteiger partial charge in [-0.3, -0.25) is 14.2 Å². The van der Waals surface area contributed by atoms with Crippen molar-refractivity contribution in [1.82, 2.24) is 19.8 Å². The smallest absolute Gasteiger partial charge is 0.407 e. The van der Waals surface area contributed by atoms with Crippen LogP contribution in [0.4, 0.5) is 4.79 Å². The lowest BCUT2D eigenvalue weighted by molar-refractivity contribution is -0.135. The van der Waals surface area contributed by atoms with Crippen molar-refractivity contribution < 1.29 is 14.3 Å². The maximum absolute atomic E-state index is 13.1. The number of hydrogen-bond acceptors (Lipinski definition) is 5. The molecule has 1 saturated heterocycles. The third kappa shape index (κ3) is 5.17. The number of nitrogens with one attached hydrogen (secondary N) is 1. The molecule has 30 heavy (non-hydrogen) atoms. The monoisotopic (exact) mass is 414 g/mol. The van der Waals surface area contributed by atoms with Gasteiger partial charge in [0.2, 0.25) is 5.91 Å². The van der Waals surface area contributed by atoms with Crippen LogP contribution in [0.5, 0.6) is 0 Å². The number of amides is 2. The number of fused-ring (bicyclic) bond motifs is 1. The molecule has 1 atom stereocenters. The molecule has 2 amide bonds. The molecular formula is C22H30N4O4. The standard InChI is InChI=1S/C22H30N4O4/c1-15-24-18-11-6-5-10-17(18)20(28)26(15)14-19(27)25-12-8-7-9-16(25)13-23-21(29)30-22(2,3)4/h5-6,10-11,16H,7-9,12-14H2,1-4H3,(H,23,29). The summed E-state index contributed by atoms with van der Waals surface area (Å²) in [6.07, 6.45) is 2.19. The predicted molar refractivity (Wildman–Crippen MR) is 114 cm³/mol. The predicted octanol–water partition coefficient (Wildman–Crippen LogP) is 2.61. The maximum Gasteiger partial charge on any atom is 0.407 e. The molecule has 0 bridgehead atoms. The van der Waals surface area contributed by atoms with Crippen molar-refractivity contribution in [2.45, 2.75) is 65.1 Å². The van der Waals surface area contributed by atoms with E-state index >= 15 is 0 Å². The number of aromatic nitrogens is 2. The van der Waals surface area contributed by atoms with Gasteiger partial charge in [-0.1, -0.05) is 12.1 Å². The minimum atomic E-state index is -0.575. The molecule has 0 aliphatic carbocycles. The Morgan fingerprint density at radius 2 is 1.97 bits per heavy atom. The molecule has 3 rings (SSSR count). The number of carbonyl (C=O) groups is 2. The third-order valence-electron chi connectivity index (χ3n) is 5.17. The average molecular weight is 415 g/mol. The third-order valence-corrected chi connectivity index (χ3v) is 5.17. The number of nitrogens with zero attached hydrogens (tertiary/aromatic N) is 3. The number of rotatable bonds is 4. The number of alkyl carbamates (subject to hydrolysis) is 1. The van der Waals surface area contributed by atoms with Gasteiger partial charge < -0.3 is 15.0 Å². The SMILES string of the molecule is Cc1nc2ccccc2c(=O)n1CC(=O)N1CCCCC1CNC(=O)OC(C)(C)C. The summed E-state index contributed by atoms with van der Waals surface area (Å²) in [5.41, 5.74) is -0.165. The Morgan fingerprint density at radius 3 is 2.70 bits per heavy atom. The van der Waals surface area contributed by atoms with Gasteiger partial charge in [-0.2, -0.15) is 0 Å². The van der Waals surface area contributed by atoms with Gasteiger partial charge in [0.15, 0.2) is 0 Å². The van der Waals surface area contributed by atoms with E-state index in [1.165, 1.54) is 4.57 Å². The molecule has 2 heterocycles.